The van der Waals surface area contributed by atoms with Gasteiger partial charge in [0.1, 0.15) is 73.2 Å². The number of nitrogens with one attached hydrogen (secondary N) is 1. The highest BCUT2D eigenvalue weighted by atomic mass is 16.8. The van der Waals surface area contributed by atoms with Crippen LogP contribution < -0.4 is 5.32 Å². The van der Waals surface area contributed by atoms with E-state index in [1.165, 1.54) is 58.3 Å². The van der Waals surface area contributed by atoms with Gasteiger partial charge in [0.15, 0.2) is 18.9 Å². The summed E-state index contributed by atoms with van der Waals surface area (Å²) in [6.07, 6.45) is -9.24. The molecular formula is C38H69NO18. The first-order valence-electron chi connectivity index (χ1n) is 20.4. The zero-order valence-electron chi connectivity index (χ0n) is 33.1. The number of aliphatic hydroxyl groups excluding tert-OH is 11. The lowest BCUT2D eigenvalue weighted by Gasteiger charge is -2.48. The maximum atomic E-state index is 11.9. The van der Waals surface area contributed by atoms with Crippen molar-refractivity contribution in [2.24, 2.45) is 0 Å². The number of rotatable bonds is 25. The quantitative estimate of drug-likeness (QED) is 0.0337. The van der Waals surface area contributed by atoms with Crippen molar-refractivity contribution in [3.8, 4) is 0 Å². The number of aliphatic hydroxyl groups is 11. The molecule has 334 valence electrons. The van der Waals surface area contributed by atoms with Gasteiger partial charge in [0.25, 0.3) is 0 Å². The Morgan fingerprint density at radius 1 is 0.614 bits per heavy atom. The summed E-state index contributed by atoms with van der Waals surface area (Å²) in [5.41, 5.74) is 0. The first-order valence-corrected chi connectivity index (χ1v) is 20.4. The minimum Gasteiger partial charge on any atom is -0.394 e. The van der Waals surface area contributed by atoms with Gasteiger partial charge in [0.05, 0.1) is 38.6 Å². The van der Waals surface area contributed by atoms with Gasteiger partial charge in [0, 0.05) is 6.92 Å². The molecule has 0 saturated carbocycles. The van der Waals surface area contributed by atoms with Gasteiger partial charge < -0.3 is 89.9 Å². The second-order valence-electron chi connectivity index (χ2n) is 15.2. The van der Waals surface area contributed by atoms with Crippen molar-refractivity contribution in [3.05, 3.63) is 12.2 Å². The molecule has 0 unspecified atom stereocenters. The monoisotopic (exact) mass is 827 g/mol. The second-order valence-corrected chi connectivity index (χ2v) is 15.2. The molecule has 17 atom stereocenters. The van der Waals surface area contributed by atoms with Gasteiger partial charge in [-0.2, -0.15) is 0 Å². The smallest absolute Gasteiger partial charge is 0.217 e. The van der Waals surface area contributed by atoms with Crippen molar-refractivity contribution in [3.63, 3.8) is 0 Å². The second kappa shape index (κ2) is 26.0. The van der Waals surface area contributed by atoms with Crippen molar-refractivity contribution < 1.29 is 89.4 Å². The summed E-state index contributed by atoms with van der Waals surface area (Å²) in [4.78, 5) is 11.9. The molecule has 0 aromatic heterocycles. The minimum absolute atomic E-state index is 0.369. The standard InChI is InChI=1S/C38H69NO18/c1-3-4-5-6-7-8-9-10-11-12-13-14-15-16-23(44)22(39-21(2)43)20-52-36-32(50)29(47)34(25(18-41)54-36)57-38-33(51)30(48)35(26(19-42)55-38)56-37-31(49)28(46)27(45)24(17-40)53-37/h15-16,22-38,40-42,44-51H,3-14,17-20H2,1-2H3,(H,39,43)/t22-,23+,24+,25+,26+,27-,28-,29+,30+,31+,32+,33+,34+,35-,36+,37+,38-/m0/s1. The lowest BCUT2D eigenvalue weighted by atomic mass is 9.96. The third-order valence-corrected chi connectivity index (χ3v) is 10.6. The summed E-state index contributed by atoms with van der Waals surface area (Å²) in [5, 5.41) is 117. The predicted octanol–water partition coefficient (Wildman–Crippen LogP) is -2.43. The van der Waals surface area contributed by atoms with Crippen LogP contribution in [0.25, 0.3) is 0 Å². The number of allylic oxidation sites excluding steroid dienone is 1. The van der Waals surface area contributed by atoms with Crippen molar-refractivity contribution in [2.75, 3.05) is 26.4 Å². The van der Waals surface area contributed by atoms with E-state index in [9.17, 15) is 61.0 Å². The Morgan fingerprint density at radius 2 is 1.05 bits per heavy atom. The van der Waals surface area contributed by atoms with E-state index >= 15 is 0 Å². The molecule has 19 nitrogen and oxygen atoms in total. The van der Waals surface area contributed by atoms with Crippen molar-refractivity contribution in [1.29, 1.82) is 0 Å². The van der Waals surface area contributed by atoms with Gasteiger partial charge in [-0.05, 0) is 12.8 Å². The summed E-state index contributed by atoms with van der Waals surface area (Å²) >= 11 is 0. The van der Waals surface area contributed by atoms with E-state index in [0.29, 0.717) is 0 Å². The van der Waals surface area contributed by atoms with Gasteiger partial charge in [-0.25, -0.2) is 0 Å². The first-order chi connectivity index (χ1) is 27.3. The zero-order chi connectivity index (χ0) is 42.1. The molecule has 19 heteroatoms. The van der Waals surface area contributed by atoms with E-state index in [0.717, 1.165) is 25.7 Å². The number of hydrogen-bond donors (Lipinski definition) is 12. The molecule has 3 saturated heterocycles. The molecule has 0 radical (unpaired) electrons. The zero-order valence-corrected chi connectivity index (χ0v) is 33.1. The number of carbonyl (C=O) groups excluding carboxylic acids is 1. The Hall–Kier alpha value is -1.47. The largest absolute Gasteiger partial charge is 0.394 e. The number of hydrogen-bond acceptors (Lipinski definition) is 18. The molecule has 1 amide bonds. The highest BCUT2D eigenvalue weighted by Crippen LogP contribution is 2.32. The predicted molar refractivity (Wildman–Crippen MR) is 199 cm³/mol. The molecule has 3 aliphatic heterocycles. The average molecular weight is 828 g/mol. The van der Waals surface area contributed by atoms with Crippen LogP contribution in [0.5, 0.6) is 0 Å². The fourth-order valence-corrected chi connectivity index (χ4v) is 7.16. The molecule has 0 spiro atoms. The van der Waals surface area contributed by atoms with Crippen LogP contribution in [0, 0.1) is 0 Å². The van der Waals surface area contributed by atoms with Crippen LogP contribution in [-0.2, 0) is 33.2 Å². The summed E-state index contributed by atoms with van der Waals surface area (Å²) in [6.45, 7) is 0.690. The van der Waals surface area contributed by atoms with Crippen LogP contribution in [0.4, 0.5) is 0 Å². The van der Waals surface area contributed by atoms with Gasteiger partial charge in [-0.3, -0.25) is 4.79 Å². The topological polar surface area (TPSA) is 307 Å². The number of amides is 1. The molecular weight excluding hydrogens is 758 g/mol. The summed E-state index contributed by atoms with van der Waals surface area (Å²) in [7, 11) is 0. The molecule has 57 heavy (non-hydrogen) atoms. The molecule has 0 bridgehead atoms. The van der Waals surface area contributed by atoms with E-state index in [2.05, 4.69) is 12.2 Å². The van der Waals surface area contributed by atoms with Crippen LogP contribution >= 0.6 is 0 Å². The number of unbranched alkanes of at least 4 members (excludes halogenated alkanes) is 11. The Kier molecular flexibility index (Phi) is 22.8. The molecule has 3 fully saturated rings. The van der Waals surface area contributed by atoms with E-state index < -0.39 is 130 Å². The SMILES string of the molecule is CCCCCCCCCCCCCC=C[C@@H](O)[C@H](CO[C@@H]1O[C@H](CO)[C@@H](O[C@@H]2O[C@H](CO)[C@H](O[C@H]3O[C@H](CO)[C@H](O)[C@H](O)[C@H]3O)[C@H](O)[C@H]2O)[C@H](O)[C@H]1O)NC(C)=O. The summed E-state index contributed by atoms with van der Waals surface area (Å²) in [5.74, 6) is -0.455. The lowest BCUT2D eigenvalue weighted by molar-refractivity contribution is -0.379. The minimum atomic E-state index is -1.97. The van der Waals surface area contributed by atoms with Gasteiger partial charge in [-0.1, -0.05) is 83.3 Å². The molecule has 0 aromatic rings. The fourth-order valence-electron chi connectivity index (χ4n) is 7.16. The summed E-state index contributed by atoms with van der Waals surface area (Å²) < 4.78 is 33.5. The van der Waals surface area contributed by atoms with E-state index in [1.807, 2.05) is 6.08 Å². The van der Waals surface area contributed by atoms with Gasteiger partial charge >= 0.3 is 0 Å². The molecule has 0 aliphatic carbocycles. The van der Waals surface area contributed by atoms with Crippen molar-refractivity contribution in [2.45, 2.75) is 195 Å². The Bertz CT molecular complexity index is 1130. The van der Waals surface area contributed by atoms with E-state index in [-0.39, 0.29) is 6.61 Å². The Balaban J connectivity index is 1.51. The molecule has 3 aliphatic rings. The molecule has 12 N–H and O–H groups in total. The first kappa shape index (κ1) is 49.9. The van der Waals surface area contributed by atoms with Gasteiger partial charge in [0.2, 0.25) is 5.91 Å². The highest BCUT2D eigenvalue weighted by molar-refractivity contribution is 5.73. The van der Waals surface area contributed by atoms with Crippen LogP contribution in [-0.4, -0.2) is 193 Å². The number of ether oxygens (including phenoxy) is 6. The van der Waals surface area contributed by atoms with Crippen LogP contribution in [0.15, 0.2) is 12.2 Å². The van der Waals surface area contributed by atoms with Crippen LogP contribution in [0.1, 0.15) is 90.9 Å². The molecule has 0 aromatic carbocycles. The van der Waals surface area contributed by atoms with Crippen LogP contribution in [0.2, 0.25) is 0 Å². The highest BCUT2D eigenvalue weighted by Gasteiger charge is 2.53. The fraction of sp³-hybridized carbons (Fsp3) is 0.921. The average Bonchev–Trinajstić information content (AvgIpc) is 3.19. The van der Waals surface area contributed by atoms with E-state index in [4.69, 9.17) is 28.4 Å². The summed E-state index contributed by atoms with van der Waals surface area (Å²) in [6, 6.07) is -0.966. The molecule has 3 heterocycles. The van der Waals surface area contributed by atoms with Crippen LogP contribution in [0.3, 0.4) is 0 Å². The Morgan fingerprint density at radius 3 is 1.54 bits per heavy atom. The maximum Gasteiger partial charge on any atom is 0.217 e. The Labute approximate surface area is 334 Å². The normalized spacial score (nSPS) is 37.3. The number of carbonyl (C=O) groups is 1. The van der Waals surface area contributed by atoms with Crippen molar-refractivity contribution in [1.82, 2.24) is 5.32 Å². The van der Waals surface area contributed by atoms with E-state index in [1.54, 1.807) is 6.08 Å². The third kappa shape index (κ3) is 14.9. The lowest BCUT2D eigenvalue weighted by Crippen LogP contribution is -2.66. The molecule has 3 rings (SSSR count). The van der Waals surface area contributed by atoms with Gasteiger partial charge in [-0.15, -0.1) is 0 Å². The maximum absolute atomic E-state index is 11.9. The third-order valence-electron chi connectivity index (χ3n) is 10.6. The van der Waals surface area contributed by atoms with Crippen molar-refractivity contribution >= 4 is 5.91 Å².